The maximum atomic E-state index is 14.5. The van der Waals surface area contributed by atoms with Gasteiger partial charge in [0, 0.05) is 74.0 Å². The van der Waals surface area contributed by atoms with E-state index in [0.717, 1.165) is 53.0 Å². The fourth-order valence-electron chi connectivity index (χ4n) is 13.5. The molecule has 1 aliphatic carbocycles. The van der Waals surface area contributed by atoms with Gasteiger partial charge in [0.15, 0.2) is 29.2 Å². The first-order chi connectivity index (χ1) is 49.3. The number of carbonyl (C=O) groups is 8. The van der Waals surface area contributed by atoms with Crippen LogP contribution in [0.1, 0.15) is 109 Å². The van der Waals surface area contributed by atoms with E-state index in [2.05, 4.69) is 48.6 Å². The van der Waals surface area contributed by atoms with Gasteiger partial charge in [-0.25, -0.2) is 9.69 Å². The zero-order valence-electron chi connectivity index (χ0n) is 57.9. The smallest absolute Gasteiger partial charge is 0.416 e. The first-order valence-electron chi connectivity index (χ1n) is 34.3. The number of hydrogen-bond acceptors (Lipinski definition) is 17. The molecule has 5 heterocycles. The highest BCUT2D eigenvalue weighted by Crippen LogP contribution is 2.57. The van der Waals surface area contributed by atoms with E-state index in [1.54, 1.807) is 80.3 Å². The highest BCUT2D eigenvalue weighted by molar-refractivity contribution is 6.04. The minimum atomic E-state index is -1.26. The SMILES string of the molecule is COc1ccc(C2=CN3C(=O)c4cc(OC)c(OCCCOc5cc6c(cc5OC)CN5CC7(CC7)C[C@H]5C(O)N6C(=O)OCc5ccc(NC(=O)[C@H](C)NC(=O)[C@@H](NC(=O)CNC(=O)CNC(=O)CCC(=O)N6Cc7ccccc7C#Cc7ccccc76)C(C)C)cc5)cc4NC[C@@H]3C2)cc1. The summed E-state index contributed by atoms with van der Waals surface area (Å²) in [6.45, 7) is 6.17. The van der Waals surface area contributed by atoms with Crippen molar-refractivity contribution in [3.8, 4) is 40.6 Å². The van der Waals surface area contributed by atoms with Crippen molar-refractivity contribution in [3.05, 3.63) is 166 Å². The Balaban J connectivity index is 0.599. The highest BCUT2D eigenvalue weighted by Gasteiger charge is 2.56. The normalized spacial score (nSPS) is 17.9. The lowest BCUT2D eigenvalue weighted by Crippen LogP contribution is -2.55. The Morgan fingerprint density at radius 2 is 1.38 bits per heavy atom. The Morgan fingerprint density at radius 3 is 2.11 bits per heavy atom. The number of aliphatic hydroxyl groups is 1. The maximum absolute atomic E-state index is 14.5. The summed E-state index contributed by atoms with van der Waals surface area (Å²) in [5, 5.41) is 28.7. The van der Waals surface area contributed by atoms with Gasteiger partial charge in [0.25, 0.3) is 5.91 Å². The van der Waals surface area contributed by atoms with E-state index in [9.17, 15) is 43.5 Å². The van der Waals surface area contributed by atoms with Gasteiger partial charge in [-0.3, -0.25) is 38.5 Å². The number of nitrogens with zero attached hydrogens (tertiary/aromatic N) is 4. The van der Waals surface area contributed by atoms with E-state index in [4.69, 9.17) is 28.4 Å². The molecule has 6 aliphatic rings. The molecule has 1 saturated heterocycles. The topological polar surface area (TPSA) is 297 Å². The van der Waals surface area contributed by atoms with Gasteiger partial charge in [-0.2, -0.15) is 0 Å². The van der Waals surface area contributed by atoms with Crippen molar-refractivity contribution in [2.75, 3.05) is 81.2 Å². The molecule has 1 saturated carbocycles. The average Bonchev–Trinajstić information content (AvgIpc) is 1.58. The van der Waals surface area contributed by atoms with Gasteiger partial charge in [0.1, 0.15) is 24.4 Å². The van der Waals surface area contributed by atoms with E-state index in [-0.39, 0.29) is 68.5 Å². The van der Waals surface area contributed by atoms with Crippen LogP contribution in [0.4, 0.5) is 27.5 Å². The average molecular weight is 1390 g/mol. The molecular formula is C77H84N10O15. The van der Waals surface area contributed by atoms with E-state index in [1.807, 2.05) is 85.1 Å². The van der Waals surface area contributed by atoms with Crippen molar-refractivity contribution in [1.82, 2.24) is 31.1 Å². The van der Waals surface area contributed by atoms with Gasteiger partial charge < -0.3 is 75.2 Å². The van der Waals surface area contributed by atoms with Crippen LogP contribution in [0.5, 0.6) is 28.7 Å². The Bertz CT molecular complexity index is 4300. The molecule has 1 spiro atoms. The summed E-state index contributed by atoms with van der Waals surface area (Å²) in [5.74, 6) is 4.74. The monoisotopic (exact) mass is 1390 g/mol. The molecule has 5 atom stereocenters. The zero-order valence-corrected chi connectivity index (χ0v) is 57.9. The number of para-hydroxylation sites is 1. The van der Waals surface area contributed by atoms with Gasteiger partial charge in [0.05, 0.1) is 88.9 Å². The summed E-state index contributed by atoms with van der Waals surface area (Å²) in [5.41, 5.74) is 8.38. The van der Waals surface area contributed by atoms with Crippen LogP contribution in [0.25, 0.3) is 5.57 Å². The lowest BCUT2D eigenvalue weighted by Gasteiger charge is -2.32. The quantitative estimate of drug-likeness (QED) is 0.0214. The number of carbonyl (C=O) groups excluding carboxylic acids is 8. The number of ether oxygens (including phenoxy) is 6. The van der Waals surface area contributed by atoms with Crippen LogP contribution in [0.15, 0.2) is 128 Å². The van der Waals surface area contributed by atoms with Gasteiger partial charge in [-0.05, 0) is 126 Å². The molecule has 5 aliphatic heterocycles. The molecule has 12 rings (SSSR count). The summed E-state index contributed by atoms with van der Waals surface area (Å²) in [6, 6.07) is 33.7. The molecule has 2 fully saturated rings. The number of hydrogen-bond donors (Lipinski definition) is 7. The van der Waals surface area contributed by atoms with Gasteiger partial charge in [0.2, 0.25) is 35.4 Å². The molecule has 0 bridgehead atoms. The fourth-order valence-corrected chi connectivity index (χ4v) is 13.5. The number of methoxy groups -OCH3 is 3. The van der Waals surface area contributed by atoms with Crippen LogP contribution >= 0.6 is 0 Å². The number of amides is 8. The summed E-state index contributed by atoms with van der Waals surface area (Å²) in [6.07, 6.45) is 3.46. The third-order valence-corrected chi connectivity index (χ3v) is 19.3. The van der Waals surface area contributed by atoms with Gasteiger partial charge in [-0.1, -0.05) is 80.3 Å². The molecule has 0 radical (unpaired) electrons. The van der Waals surface area contributed by atoms with Crippen molar-refractivity contribution in [3.63, 3.8) is 0 Å². The Labute approximate surface area is 591 Å². The Morgan fingerprint density at radius 1 is 0.696 bits per heavy atom. The van der Waals surface area contributed by atoms with Crippen LogP contribution in [0, 0.1) is 23.2 Å². The van der Waals surface area contributed by atoms with Crippen LogP contribution in [0.2, 0.25) is 0 Å². The number of anilines is 4. The Kier molecular flexibility index (Phi) is 21.6. The molecule has 6 aromatic carbocycles. The van der Waals surface area contributed by atoms with Crippen LogP contribution in [-0.2, 0) is 53.2 Å². The molecular weight excluding hydrogens is 1300 g/mol. The van der Waals surface area contributed by atoms with E-state index >= 15 is 0 Å². The highest BCUT2D eigenvalue weighted by atomic mass is 16.6. The second-order valence-electron chi connectivity index (χ2n) is 26.7. The van der Waals surface area contributed by atoms with Crippen molar-refractivity contribution in [2.45, 2.75) is 116 Å². The van der Waals surface area contributed by atoms with E-state index in [0.29, 0.717) is 94.8 Å². The van der Waals surface area contributed by atoms with Gasteiger partial charge in [-0.15, -0.1) is 0 Å². The predicted octanol–water partition coefficient (Wildman–Crippen LogP) is 7.61. The minimum absolute atomic E-state index is 0.0875. The van der Waals surface area contributed by atoms with Crippen LogP contribution in [0.3, 0.4) is 0 Å². The van der Waals surface area contributed by atoms with Crippen molar-refractivity contribution in [2.24, 2.45) is 11.3 Å². The molecule has 532 valence electrons. The summed E-state index contributed by atoms with van der Waals surface area (Å²) in [4.78, 5) is 115. The second kappa shape index (κ2) is 31.2. The number of nitrogens with one attached hydrogen (secondary N) is 6. The molecule has 25 heteroatoms. The van der Waals surface area contributed by atoms with E-state index in [1.165, 1.54) is 18.9 Å². The van der Waals surface area contributed by atoms with Crippen molar-refractivity contribution < 1.29 is 71.9 Å². The summed E-state index contributed by atoms with van der Waals surface area (Å²) >= 11 is 0. The third-order valence-electron chi connectivity index (χ3n) is 19.3. The molecule has 7 N–H and O–H groups in total. The van der Waals surface area contributed by atoms with Crippen molar-refractivity contribution >= 4 is 75.8 Å². The second-order valence-corrected chi connectivity index (χ2v) is 26.7. The minimum Gasteiger partial charge on any atom is -0.497 e. The van der Waals surface area contributed by atoms with E-state index < -0.39 is 72.9 Å². The lowest BCUT2D eigenvalue weighted by molar-refractivity contribution is -0.132. The number of fused-ring (bicyclic) bond motifs is 6. The maximum Gasteiger partial charge on any atom is 0.416 e. The third kappa shape index (κ3) is 16.2. The molecule has 8 amide bonds. The first kappa shape index (κ1) is 70.8. The lowest BCUT2D eigenvalue weighted by atomic mass is 10.0. The standard InChI is InChI=1S/C77H84N10O15/c1-46(2)71(83-69(90)40-80-68(89)39-79-67(88)26-27-70(91)86-42-52-14-8-7-12-49(52)18-19-51-13-9-10-15-60(51)86)73(93)81-47(3)72(92)82-55-22-16-48(17-23-55)44-102-76(96)87-61-36-66(63(98-5)33-54(61)41-84-45-77(28-29-77)37-62(84)75(87)95)101-31-11-30-100-65-35-59-58(34-64(65)99-6)74(94)85-43-53(32-56(85)38-78-59)50-20-24-57(97-4)25-21-50/h7-10,12-17,20-25,33-36,43,46-47,56,62,71,75,78,95H,11,26-32,37-42,44-45H2,1-6H3,(H,79,88)(H,80,89)(H,81,93)(H,82,92)(H,83,90)/t47-,56-,62-,71-,75?/m0/s1. The largest absolute Gasteiger partial charge is 0.497 e. The first-order valence-corrected chi connectivity index (χ1v) is 34.3. The molecule has 1 unspecified atom stereocenters. The molecule has 25 nitrogen and oxygen atoms in total. The number of aliphatic hydroxyl groups excluding tert-OH is 1. The predicted molar refractivity (Wildman–Crippen MR) is 380 cm³/mol. The molecule has 102 heavy (non-hydrogen) atoms. The zero-order chi connectivity index (χ0) is 71.8. The Hall–Kier alpha value is -11.1. The molecule has 0 aromatic heterocycles. The number of rotatable bonds is 25. The van der Waals surface area contributed by atoms with Gasteiger partial charge >= 0.3 is 6.09 Å². The summed E-state index contributed by atoms with van der Waals surface area (Å²) < 4.78 is 35.5. The van der Waals surface area contributed by atoms with Crippen molar-refractivity contribution in [1.29, 1.82) is 0 Å². The van der Waals surface area contributed by atoms with Crippen LogP contribution in [-0.4, -0.2) is 153 Å². The molecule has 6 aromatic rings. The van der Waals surface area contributed by atoms with Crippen LogP contribution < -0.4 is 65.4 Å². The summed E-state index contributed by atoms with van der Waals surface area (Å²) in [7, 11) is 4.70. The fraction of sp³-hybridized carbons (Fsp3) is 0.377. The number of benzene rings is 6.